The van der Waals surface area contributed by atoms with Gasteiger partial charge in [-0.1, -0.05) is 11.2 Å². The number of nitrogens with one attached hydrogen (secondary N) is 2. The van der Waals surface area contributed by atoms with Crippen LogP contribution in [0.25, 0.3) is 10.4 Å². The van der Waals surface area contributed by atoms with E-state index in [1.54, 1.807) is 45.9 Å². The maximum atomic E-state index is 12.4. The molecule has 0 saturated carbocycles. The first-order valence-electron chi connectivity index (χ1n) is 11.0. The molecule has 0 radical (unpaired) electrons. The third-order valence-electron chi connectivity index (χ3n) is 3.81. The van der Waals surface area contributed by atoms with Gasteiger partial charge < -0.3 is 34.3 Å². The SMILES string of the molecule is CCOC(=O)COCCOC(COc1cccc(C(=O)NCCNC(=O)OC(C)(C)C)c1)N=[N+]=[N-]. The molecule has 13 heteroatoms. The lowest BCUT2D eigenvalue weighted by Crippen LogP contribution is -2.37. The number of esters is 1. The molecule has 0 spiro atoms. The summed E-state index contributed by atoms with van der Waals surface area (Å²) in [5.41, 5.74) is 8.46. The summed E-state index contributed by atoms with van der Waals surface area (Å²) >= 11 is 0. The molecule has 1 atom stereocenters. The number of hydrogen-bond acceptors (Lipinski definition) is 9. The van der Waals surface area contributed by atoms with Crippen molar-refractivity contribution in [3.05, 3.63) is 40.3 Å². The lowest BCUT2D eigenvalue weighted by Gasteiger charge is -2.19. The molecule has 13 nitrogen and oxygen atoms in total. The monoisotopic (exact) mass is 495 g/mol. The summed E-state index contributed by atoms with van der Waals surface area (Å²) in [6, 6.07) is 6.39. The molecular weight excluding hydrogens is 462 g/mol. The first-order chi connectivity index (χ1) is 16.6. The first-order valence-corrected chi connectivity index (χ1v) is 11.0. The maximum Gasteiger partial charge on any atom is 0.407 e. The number of ether oxygens (including phenoxy) is 5. The lowest BCUT2D eigenvalue weighted by atomic mass is 10.2. The van der Waals surface area contributed by atoms with E-state index in [1.165, 1.54) is 6.07 Å². The molecular formula is C22H33N5O8. The molecule has 0 aromatic heterocycles. The molecule has 0 fully saturated rings. The average molecular weight is 496 g/mol. The number of alkyl carbamates (subject to hydrolysis) is 1. The molecule has 0 aliphatic heterocycles. The molecule has 35 heavy (non-hydrogen) atoms. The summed E-state index contributed by atoms with van der Waals surface area (Å²) in [5.74, 6) is -0.474. The quantitative estimate of drug-likeness (QED) is 0.123. The molecule has 1 aromatic rings. The maximum absolute atomic E-state index is 12.4. The van der Waals surface area contributed by atoms with Crippen molar-refractivity contribution >= 4 is 18.0 Å². The van der Waals surface area contributed by atoms with Gasteiger partial charge >= 0.3 is 12.1 Å². The second-order valence-corrected chi connectivity index (χ2v) is 7.91. The minimum absolute atomic E-state index is 0.0617. The van der Waals surface area contributed by atoms with Crippen LogP contribution in [0.5, 0.6) is 5.75 Å². The van der Waals surface area contributed by atoms with Gasteiger partial charge in [-0.15, -0.1) is 0 Å². The number of benzene rings is 1. The zero-order valence-corrected chi connectivity index (χ0v) is 20.4. The van der Waals surface area contributed by atoms with Gasteiger partial charge in [0, 0.05) is 23.6 Å². The largest absolute Gasteiger partial charge is 0.491 e. The molecule has 1 rings (SSSR count). The Hall–Kier alpha value is -3.54. The van der Waals surface area contributed by atoms with Crippen molar-refractivity contribution in [2.75, 3.05) is 46.1 Å². The summed E-state index contributed by atoms with van der Waals surface area (Å²) in [4.78, 5) is 37.9. The Bertz CT molecular complexity index is 868. The predicted molar refractivity (Wildman–Crippen MR) is 125 cm³/mol. The third-order valence-corrected chi connectivity index (χ3v) is 3.81. The molecule has 0 saturated heterocycles. The number of hydrogen-bond donors (Lipinski definition) is 2. The van der Waals surface area contributed by atoms with Crippen molar-refractivity contribution in [2.45, 2.75) is 39.5 Å². The van der Waals surface area contributed by atoms with Crippen LogP contribution in [-0.4, -0.2) is 75.9 Å². The minimum atomic E-state index is -0.942. The van der Waals surface area contributed by atoms with Crippen LogP contribution in [0, 0.1) is 0 Å². The summed E-state index contributed by atoms with van der Waals surface area (Å²) in [5, 5.41) is 8.74. The first kappa shape index (κ1) is 29.5. The van der Waals surface area contributed by atoms with Crippen molar-refractivity contribution in [1.82, 2.24) is 10.6 Å². The van der Waals surface area contributed by atoms with E-state index in [1.807, 2.05) is 0 Å². The number of carbonyl (C=O) groups is 3. The van der Waals surface area contributed by atoms with Crippen molar-refractivity contribution < 1.29 is 38.1 Å². The molecule has 1 aromatic carbocycles. The summed E-state index contributed by atoms with van der Waals surface area (Å²) in [6.45, 7) is 7.48. The van der Waals surface area contributed by atoms with Gasteiger partial charge in [0.25, 0.3) is 5.91 Å². The van der Waals surface area contributed by atoms with Crippen LogP contribution >= 0.6 is 0 Å². The fraction of sp³-hybridized carbons (Fsp3) is 0.591. The summed E-state index contributed by atoms with van der Waals surface area (Å²) < 4.78 is 25.9. The van der Waals surface area contributed by atoms with Crippen LogP contribution < -0.4 is 15.4 Å². The Morgan fingerprint density at radius 2 is 1.89 bits per heavy atom. The number of rotatable bonds is 15. The van der Waals surface area contributed by atoms with Crippen LogP contribution in [0.2, 0.25) is 0 Å². The molecule has 194 valence electrons. The van der Waals surface area contributed by atoms with Gasteiger partial charge in [0.05, 0.1) is 19.8 Å². The smallest absolute Gasteiger partial charge is 0.407 e. The van der Waals surface area contributed by atoms with E-state index in [4.69, 9.17) is 29.2 Å². The highest BCUT2D eigenvalue weighted by atomic mass is 16.6. The highest BCUT2D eigenvalue weighted by Crippen LogP contribution is 2.14. The van der Waals surface area contributed by atoms with Crippen LogP contribution in [0.15, 0.2) is 29.4 Å². The fourth-order valence-electron chi connectivity index (χ4n) is 2.43. The Kier molecular flexibility index (Phi) is 13.6. The van der Waals surface area contributed by atoms with E-state index >= 15 is 0 Å². The molecule has 2 N–H and O–H groups in total. The van der Waals surface area contributed by atoms with Gasteiger partial charge in [0.15, 0.2) is 6.23 Å². The second kappa shape index (κ2) is 16.1. The van der Waals surface area contributed by atoms with E-state index in [2.05, 4.69) is 20.7 Å². The van der Waals surface area contributed by atoms with Crippen LogP contribution in [-0.2, 0) is 23.7 Å². The van der Waals surface area contributed by atoms with E-state index in [0.717, 1.165) is 0 Å². The molecule has 0 bridgehead atoms. The zero-order valence-electron chi connectivity index (χ0n) is 20.4. The molecule has 0 aliphatic rings. The Morgan fingerprint density at radius 1 is 1.14 bits per heavy atom. The van der Waals surface area contributed by atoms with Gasteiger partial charge in [-0.3, -0.25) is 4.79 Å². The number of nitrogens with zero attached hydrogens (tertiary/aromatic N) is 3. The second-order valence-electron chi connectivity index (χ2n) is 7.91. The third kappa shape index (κ3) is 14.4. The summed E-state index contributed by atoms with van der Waals surface area (Å²) in [7, 11) is 0. The normalized spacial score (nSPS) is 11.5. The van der Waals surface area contributed by atoms with E-state index in [-0.39, 0.29) is 52.0 Å². The highest BCUT2D eigenvalue weighted by Gasteiger charge is 2.16. The topological polar surface area (TPSA) is 170 Å². The van der Waals surface area contributed by atoms with Crippen molar-refractivity contribution in [1.29, 1.82) is 0 Å². The Labute approximate surface area is 204 Å². The van der Waals surface area contributed by atoms with Gasteiger partial charge in [0.2, 0.25) is 0 Å². The van der Waals surface area contributed by atoms with Gasteiger partial charge in [-0.25, -0.2) is 9.59 Å². The van der Waals surface area contributed by atoms with Gasteiger partial charge in [0.1, 0.15) is 24.6 Å². The number of azide groups is 1. The fourth-order valence-corrected chi connectivity index (χ4v) is 2.43. The molecule has 2 amide bonds. The molecule has 1 unspecified atom stereocenters. The Balaban J connectivity index is 2.42. The zero-order chi connectivity index (χ0) is 26.1. The van der Waals surface area contributed by atoms with E-state index in [9.17, 15) is 14.4 Å². The van der Waals surface area contributed by atoms with Crippen molar-refractivity contribution in [2.24, 2.45) is 5.11 Å². The highest BCUT2D eigenvalue weighted by molar-refractivity contribution is 5.94. The average Bonchev–Trinajstić information content (AvgIpc) is 2.79. The Morgan fingerprint density at radius 3 is 2.57 bits per heavy atom. The van der Waals surface area contributed by atoms with Crippen LogP contribution in [0.1, 0.15) is 38.1 Å². The van der Waals surface area contributed by atoms with Crippen LogP contribution in [0.3, 0.4) is 0 Å². The lowest BCUT2D eigenvalue weighted by molar-refractivity contribution is -0.149. The van der Waals surface area contributed by atoms with E-state index in [0.29, 0.717) is 11.3 Å². The van der Waals surface area contributed by atoms with E-state index < -0.39 is 23.9 Å². The number of carbonyl (C=O) groups excluding carboxylic acids is 3. The summed E-state index contributed by atoms with van der Waals surface area (Å²) in [6.07, 6.45) is -1.51. The predicted octanol–water partition coefficient (Wildman–Crippen LogP) is 2.55. The minimum Gasteiger partial charge on any atom is -0.491 e. The van der Waals surface area contributed by atoms with Gasteiger partial charge in [-0.05, 0) is 51.4 Å². The van der Waals surface area contributed by atoms with Gasteiger partial charge in [-0.2, -0.15) is 0 Å². The standard InChI is InChI=1S/C22H33N5O8/c1-5-32-19(28)15-31-11-12-33-18(26-27-23)14-34-17-8-6-7-16(13-17)20(29)24-9-10-25-21(30)35-22(2,3)4/h6-8,13,18H,5,9-12,14-15H2,1-4H3,(H,24,29)(H,25,30). The molecule has 0 heterocycles. The number of amides is 2. The van der Waals surface area contributed by atoms with Crippen LogP contribution in [0.4, 0.5) is 4.79 Å². The van der Waals surface area contributed by atoms with Crippen molar-refractivity contribution in [3.8, 4) is 5.75 Å². The molecule has 0 aliphatic carbocycles. The van der Waals surface area contributed by atoms with Crippen molar-refractivity contribution in [3.63, 3.8) is 0 Å².